The van der Waals surface area contributed by atoms with Crippen molar-refractivity contribution in [2.24, 2.45) is 10.9 Å². The number of para-hydroxylation sites is 1. The van der Waals surface area contributed by atoms with E-state index >= 15 is 0 Å². The molecule has 0 spiro atoms. The van der Waals surface area contributed by atoms with Gasteiger partial charge in [-0.05, 0) is 37.7 Å². The summed E-state index contributed by atoms with van der Waals surface area (Å²) in [4.78, 5) is 4.34. The first-order valence-corrected chi connectivity index (χ1v) is 8.35. The molecule has 0 amide bonds. The van der Waals surface area contributed by atoms with E-state index in [-0.39, 0.29) is 24.0 Å². The van der Waals surface area contributed by atoms with Crippen LogP contribution in [0.4, 0.5) is 0 Å². The summed E-state index contributed by atoms with van der Waals surface area (Å²) >= 11 is 0. The highest BCUT2D eigenvalue weighted by Crippen LogP contribution is 2.30. The van der Waals surface area contributed by atoms with Crippen molar-refractivity contribution in [3.63, 3.8) is 0 Å². The van der Waals surface area contributed by atoms with E-state index in [1.54, 1.807) is 14.2 Å². The third kappa shape index (κ3) is 5.72. The van der Waals surface area contributed by atoms with Crippen molar-refractivity contribution in [1.82, 2.24) is 10.6 Å². The minimum Gasteiger partial charge on any atom is -0.493 e. The van der Waals surface area contributed by atoms with Crippen LogP contribution in [0.3, 0.4) is 0 Å². The first-order chi connectivity index (χ1) is 11.2. The van der Waals surface area contributed by atoms with Crippen molar-refractivity contribution < 1.29 is 9.47 Å². The summed E-state index contributed by atoms with van der Waals surface area (Å²) in [6, 6.07) is 6.42. The summed E-state index contributed by atoms with van der Waals surface area (Å²) in [6.07, 6.45) is 5.01. The molecule has 0 heterocycles. The fourth-order valence-electron chi connectivity index (χ4n) is 3.06. The van der Waals surface area contributed by atoms with Gasteiger partial charge in [-0.2, -0.15) is 0 Å². The van der Waals surface area contributed by atoms with Crippen molar-refractivity contribution in [2.45, 2.75) is 45.2 Å². The molecular formula is C18H30IN3O2. The monoisotopic (exact) mass is 447 g/mol. The van der Waals surface area contributed by atoms with E-state index in [9.17, 15) is 0 Å². The molecule has 1 aromatic carbocycles. The van der Waals surface area contributed by atoms with Gasteiger partial charge in [0.15, 0.2) is 17.5 Å². The highest BCUT2D eigenvalue weighted by atomic mass is 127. The Hall–Kier alpha value is -1.18. The normalized spacial score (nSPS) is 20.8. The second-order valence-corrected chi connectivity index (χ2v) is 6.18. The number of hydrogen-bond acceptors (Lipinski definition) is 3. The van der Waals surface area contributed by atoms with Gasteiger partial charge >= 0.3 is 0 Å². The van der Waals surface area contributed by atoms with Crippen molar-refractivity contribution in [3.05, 3.63) is 23.8 Å². The quantitative estimate of drug-likeness (QED) is 0.412. The van der Waals surface area contributed by atoms with Crippen LogP contribution in [0, 0.1) is 5.92 Å². The number of guanidine groups is 1. The molecule has 0 aliphatic heterocycles. The Balaban J connectivity index is 0.00000288. The Morgan fingerprint density at radius 3 is 2.46 bits per heavy atom. The molecule has 1 aromatic rings. The maximum Gasteiger partial charge on any atom is 0.191 e. The number of nitrogens with zero attached hydrogens (tertiary/aromatic N) is 1. The molecule has 136 valence electrons. The van der Waals surface area contributed by atoms with Crippen molar-refractivity contribution in [2.75, 3.05) is 21.3 Å². The molecule has 0 atom stereocenters. The lowest BCUT2D eigenvalue weighted by Gasteiger charge is -2.28. The second-order valence-electron chi connectivity index (χ2n) is 6.18. The van der Waals surface area contributed by atoms with Gasteiger partial charge in [0.05, 0.1) is 14.2 Å². The Morgan fingerprint density at radius 2 is 1.88 bits per heavy atom. The molecule has 0 aromatic heterocycles. The van der Waals surface area contributed by atoms with Crippen LogP contribution in [0.25, 0.3) is 0 Å². The number of halogens is 1. The first-order valence-electron chi connectivity index (χ1n) is 8.35. The minimum absolute atomic E-state index is 0. The SMILES string of the molecule is CN=C(NCc1cccc(OC)c1OC)NC1CCC(C)CC1.I. The first kappa shape index (κ1) is 20.9. The number of aliphatic imine (C=N–C) groups is 1. The molecule has 6 heteroatoms. The van der Waals surface area contributed by atoms with Crippen LogP contribution in [0.15, 0.2) is 23.2 Å². The molecule has 1 aliphatic rings. The van der Waals surface area contributed by atoms with E-state index in [1.165, 1.54) is 25.7 Å². The number of benzene rings is 1. The van der Waals surface area contributed by atoms with Gasteiger partial charge < -0.3 is 20.1 Å². The second kappa shape index (κ2) is 10.6. The topological polar surface area (TPSA) is 54.9 Å². The van der Waals surface area contributed by atoms with Gasteiger partial charge in [-0.15, -0.1) is 24.0 Å². The highest BCUT2D eigenvalue weighted by molar-refractivity contribution is 14.0. The lowest BCUT2D eigenvalue weighted by atomic mass is 9.87. The van der Waals surface area contributed by atoms with Crippen LogP contribution >= 0.6 is 24.0 Å². The smallest absolute Gasteiger partial charge is 0.191 e. The molecule has 1 fully saturated rings. The molecule has 2 rings (SSSR count). The number of ether oxygens (including phenoxy) is 2. The molecule has 2 N–H and O–H groups in total. The van der Waals surface area contributed by atoms with Crippen LogP contribution in [-0.2, 0) is 6.54 Å². The van der Waals surface area contributed by atoms with Crippen molar-refractivity contribution in [1.29, 1.82) is 0 Å². The van der Waals surface area contributed by atoms with E-state index in [4.69, 9.17) is 9.47 Å². The predicted molar refractivity (Wildman–Crippen MR) is 110 cm³/mol. The highest BCUT2D eigenvalue weighted by Gasteiger charge is 2.19. The molecule has 0 saturated heterocycles. The van der Waals surface area contributed by atoms with Crippen molar-refractivity contribution in [3.8, 4) is 11.5 Å². The standard InChI is InChI=1S/C18H29N3O2.HI/c1-13-8-10-15(11-9-13)21-18(19-2)20-12-14-6-5-7-16(22-3)17(14)23-4;/h5-7,13,15H,8-12H2,1-4H3,(H2,19,20,21);1H. The van der Waals surface area contributed by atoms with Gasteiger partial charge in [0.25, 0.3) is 0 Å². The summed E-state index contributed by atoms with van der Waals surface area (Å²) in [5.41, 5.74) is 1.05. The van der Waals surface area contributed by atoms with Crippen LogP contribution in [-0.4, -0.2) is 33.3 Å². The largest absolute Gasteiger partial charge is 0.493 e. The average molecular weight is 447 g/mol. The molecular weight excluding hydrogens is 417 g/mol. The number of methoxy groups -OCH3 is 2. The van der Waals surface area contributed by atoms with E-state index in [0.29, 0.717) is 12.6 Å². The zero-order valence-electron chi connectivity index (χ0n) is 15.1. The van der Waals surface area contributed by atoms with Gasteiger partial charge in [-0.1, -0.05) is 19.1 Å². The molecule has 5 nitrogen and oxygen atoms in total. The summed E-state index contributed by atoms with van der Waals surface area (Å²) in [5, 5.41) is 6.90. The minimum atomic E-state index is 0. The predicted octanol–water partition coefficient (Wildman–Crippen LogP) is 3.57. The summed E-state index contributed by atoms with van der Waals surface area (Å²) < 4.78 is 10.8. The molecule has 0 bridgehead atoms. The number of nitrogens with one attached hydrogen (secondary N) is 2. The van der Waals surface area contributed by atoms with Crippen LogP contribution in [0.2, 0.25) is 0 Å². The van der Waals surface area contributed by atoms with Gasteiger partial charge in [0, 0.05) is 25.2 Å². The van der Waals surface area contributed by atoms with Gasteiger partial charge in [-0.25, -0.2) is 0 Å². The zero-order chi connectivity index (χ0) is 16.7. The molecule has 24 heavy (non-hydrogen) atoms. The summed E-state index contributed by atoms with van der Waals surface area (Å²) in [6.45, 7) is 2.97. The van der Waals surface area contributed by atoms with E-state index in [0.717, 1.165) is 28.9 Å². The average Bonchev–Trinajstić information content (AvgIpc) is 2.59. The van der Waals surface area contributed by atoms with Crippen LogP contribution in [0.1, 0.15) is 38.2 Å². The number of rotatable bonds is 5. The molecule has 0 radical (unpaired) electrons. The Kier molecular flexibility index (Phi) is 9.25. The zero-order valence-corrected chi connectivity index (χ0v) is 17.4. The fraction of sp³-hybridized carbons (Fsp3) is 0.611. The third-order valence-electron chi connectivity index (χ3n) is 4.51. The lowest BCUT2D eigenvalue weighted by Crippen LogP contribution is -2.44. The Labute approximate surface area is 162 Å². The molecule has 0 unspecified atom stereocenters. The third-order valence-corrected chi connectivity index (χ3v) is 4.51. The fourth-order valence-corrected chi connectivity index (χ4v) is 3.06. The van der Waals surface area contributed by atoms with E-state index in [2.05, 4.69) is 22.5 Å². The lowest BCUT2D eigenvalue weighted by molar-refractivity contribution is 0.329. The summed E-state index contributed by atoms with van der Waals surface area (Å²) in [7, 11) is 5.13. The maximum absolute atomic E-state index is 5.47. The van der Waals surface area contributed by atoms with Crippen LogP contribution < -0.4 is 20.1 Å². The van der Waals surface area contributed by atoms with Crippen molar-refractivity contribution >= 4 is 29.9 Å². The van der Waals surface area contributed by atoms with E-state index in [1.807, 2.05) is 25.2 Å². The van der Waals surface area contributed by atoms with Crippen LogP contribution in [0.5, 0.6) is 11.5 Å². The molecule has 1 saturated carbocycles. The molecule has 1 aliphatic carbocycles. The van der Waals surface area contributed by atoms with Gasteiger partial charge in [0.1, 0.15) is 0 Å². The van der Waals surface area contributed by atoms with Gasteiger partial charge in [0.2, 0.25) is 0 Å². The Bertz CT molecular complexity index is 529. The Morgan fingerprint density at radius 1 is 1.17 bits per heavy atom. The number of hydrogen-bond donors (Lipinski definition) is 2. The maximum atomic E-state index is 5.47. The van der Waals surface area contributed by atoms with E-state index < -0.39 is 0 Å². The van der Waals surface area contributed by atoms with Gasteiger partial charge in [-0.3, -0.25) is 4.99 Å². The summed E-state index contributed by atoms with van der Waals surface area (Å²) in [5.74, 6) is 3.21.